The van der Waals surface area contributed by atoms with Gasteiger partial charge in [-0.1, -0.05) is 32.1 Å². The van der Waals surface area contributed by atoms with E-state index in [4.69, 9.17) is 5.73 Å². The number of carbonyl (C=O) groups excluding carboxylic acids is 1. The van der Waals surface area contributed by atoms with E-state index in [1.807, 2.05) is 0 Å². The van der Waals surface area contributed by atoms with Gasteiger partial charge in [0, 0.05) is 18.6 Å². The van der Waals surface area contributed by atoms with Gasteiger partial charge in [0.1, 0.15) is 0 Å². The van der Waals surface area contributed by atoms with Gasteiger partial charge in [-0.25, -0.2) is 0 Å². The van der Waals surface area contributed by atoms with Crippen molar-refractivity contribution in [2.75, 3.05) is 27.2 Å². The summed E-state index contributed by atoms with van der Waals surface area (Å²) in [5, 5.41) is 3.25. The molecule has 0 spiro atoms. The third-order valence-electron chi connectivity index (χ3n) is 5.74. The largest absolute Gasteiger partial charge is 0.354 e. The normalized spacial score (nSPS) is 24.8. The molecule has 0 heterocycles. The Hall–Kier alpha value is -0.610. The number of likely N-dealkylation sites (N-methyl/N-ethyl adjacent to an activating group) is 1. The fraction of sp³-hybridized carbons (Fsp3) is 0.938. The molecule has 2 fully saturated rings. The molecule has 0 atom stereocenters. The SMILES string of the molecule is CN(C)C1(CNC(=O)C2(CN)CCCCC2)CCCC1. The van der Waals surface area contributed by atoms with Gasteiger partial charge >= 0.3 is 0 Å². The van der Waals surface area contributed by atoms with Crippen molar-refractivity contribution in [2.45, 2.75) is 63.3 Å². The molecule has 2 aliphatic carbocycles. The van der Waals surface area contributed by atoms with Crippen molar-refractivity contribution in [3.8, 4) is 0 Å². The van der Waals surface area contributed by atoms with Crippen LogP contribution in [0.1, 0.15) is 57.8 Å². The van der Waals surface area contributed by atoms with Gasteiger partial charge in [0.15, 0.2) is 0 Å². The van der Waals surface area contributed by atoms with Crippen LogP contribution in [0.4, 0.5) is 0 Å². The van der Waals surface area contributed by atoms with Crippen molar-refractivity contribution >= 4 is 5.91 Å². The zero-order valence-electron chi connectivity index (χ0n) is 13.2. The van der Waals surface area contributed by atoms with Crippen molar-refractivity contribution in [1.29, 1.82) is 0 Å². The lowest BCUT2D eigenvalue weighted by Gasteiger charge is -2.39. The first kappa shape index (κ1) is 15.8. The highest BCUT2D eigenvalue weighted by Crippen LogP contribution is 2.37. The summed E-state index contributed by atoms with van der Waals surface area (Å²) in [6, 6.07) is 0. The van der Waals surface area contributed by atoms with Crippen LogP contribution in [0.2, 0.25) is 0 Å². The van der Waals surface area contributed by atoms with Gasteiger partial charge in [0.25, 0.3) is 0 Å². The molecule has 2 rings (SSSR count). The fourth-order valence-electron chi connectivity index (χ4n) is 4.00. The average molecular weight is 281 g/mol. The van der Waals surface area contributed by atoms with Gasteiger partial charge in [0.05, 0.1) is 5.41 Å². The molecule has 0 bridgehead atoms. The molecule has 1 amide bonds. The van der Waals surface area contributed by atoms with Crippen LogP contribution in [0.25, 0.3) is 0 Å². The molecule has 0 aromatic carbocycles. The number of amides is 1. The predicted molar refractivity (Wildman–Crippen MR) is 82.5 cm³/mol. The molecule has 116 valence electrons. The maximum Gasteiger partial charge on any atom is 0.227 e. The van der Waals surface area contributed by atoms with Gasteiger partial charge in [-0.2, -0.15) is 0 Å². The minimum Gasteiger partial charge on any atom is -0.354 e. The highest BCUT2D eigenvalue weighted by Gasteiger charge is 2.41. The van der Waals surface area contributed by atoms with Crippen LogP contribution < -0.4 is 11.1 Å². The standard InChI is InChI=1S/C16H31N3O/c1-19(2)16(10-6-7-11-16)13-18-14(20)15(12-17)8-4-3-5-9-15/h3-13,17H2,1-2H3,(H,18,20). The quantitative estimate of drug-likeness (QED) is 0.809. The lowest BCUT2D eigenvalue weighted by molar-refractivity contribution is -0.133. The third kappa shape index (κ3) is 3.01. The van der Waals surface area contributed by atoms with Gasteiger partial charge < -0.3 is 16.0 Å². The number of nitrogens with one attached hydrogen (secondary N) is 1. The van der Waals surface area contributed by atoms with E-state index in [0.717, 1.165) is 32.2 Å². The first-order valence-corrected chi connectivity index (χ1v) is 8.21. The number of hydrogen-bond donors (Lipinski definition) is 2. The molecule has 0 aromatic heterocycles. The molecule has 20 heavy (non-hydrogen) atoms. The second-order valence-electron chi connectivity index (χ2n) is 7.05. The minimum atomic E-state index is -0.287. The smallest absolute Gasteiger partial charge is 0.227 e. The number of nitrogens with two attached hydrogens (primary N) is 1. The summed E-state index contributed by atoms with van der Waals surface area (Å²) in [5.74, 6) is 0.202. The van der Waals surface area contributed by atoms with E-state index in [1.54, 1.807) is 0 Å². The van der Waals surface area contributed by atoms with Gasteiger partial charge in [-0.3, -0.25) is 4.79 Å². The number of hydrogen-bond acceptors (Lipinski definition) is 3. The van der Waals surface area contributed by atoms with Crippen molar-refractivity contribution in [1.82, 2.24) is 10.2 Å². The molecule has 4 nitrogen and oxygen atoms in total. The highest BCUT2D eigenvalue weighted by molar-refractivity contribution is 5.83. The minimum absolute atomic E-state index is 0.167. The van der Waals surface area contributed by atoms with E-state index < -0.39 is 0 Å². The molecule has 0 radical (unpaired) electrons. The zero-order chi connectivity index (χ0) is 14.6. The first-order valence-electron chi connectivity index (χ1n) is 8.21. The maximum atomic E-state index is 12.7. The predicted octanol–water partition coefficient (Wildman–Crippen LogP) is 1.89. The molecule has 3 N–H and O–H groups in total. The van der Waals surface area contributed by atoms with Crippen molar-refractivity contribution in [2.24, 2.45) is 11.1 Å². The molecule has 0 unspecified atom stereocenters. The van der Waals surface area contributed by atoms with Crippen LogP contribution in [-0.4, -0.2) is 43.5 Å². The molecule has 2 saturated carbocycles. The Morgan fingerprint density at radius 2 is 1.60 bits per heavy atom. The van der Waals surface area contributed by atoms with E-state index >= 15 is 0 Å². The van der Waals surface area contributed by atoms with Gasteiger partial charge in [-0.15, -0.1) is 0 Å². The first-order chi connectivity index (χ1) is 9.55. The Bertz CT molecular complexity index is 329. The van der Waals surface area contributed by atoms with Crippen LogP contribution in [0.5, 0.6) is 0 Å². The summed E-state index contributed by atoms with van der Waals surface area (Å²) in [6.45, 7) is 1.27. The van der Waals surface area contributed by atoms with Crippen LogP contribution in [-0.2, 0) is 4.79 Å². The molecule has 0 aliphatic heterocycles. The van der Waals surface area contributed by atoms with E-state index in [1.165, 1.54) is 32.1 Å². The van der Waals surface area contributed by atoms with Crippen LogP contribution in [0, 0.1) is 5.41 Å². The highest BCUT2D eigenvalue weighted by atomic mass is 16.2. The maximum absolute atomic E-state index is 12.7. The Kier molecular flexibility index (Phi) is 5.08. The summed E-state index contributed by atoms with van der Waals surface area (Å²) >= 11 is 0. The van der Waals surface area contributed by atoms with E-state index in [9.17, 15) is 4.79 Å². The molecule has 2 aliphatic rings. The van der Waals surface area contributed by atoms with Crippen LogP contribution in [0.3, 0.4) is 0 Å². The monoisotopic (exact) mass is 281 g/mol. The summed E-state index contributed by atoms with van der Waals surface area (Å²) in [6.07, 6.45) is 10.4. The number of carbonyl (C=O) groups is 1. The van der Waals surface area contributed by atoms with Gasteiger partial charge in [0.2, 0.25) is 5.91 Å². The lowest BCUT2D eigenvalue weighted by atomic mass is 9.73. The second-order valence-corrected chi connectivity index (χ2v) is 7.05. The van der Waals surface area contributed by atoms with Crippen molar-refractivity contribution in [3.63, 3.8) is 0 Å². The number of rotatable bonds is 5. The van der Waals surface area contributed by atoms with Crippen LogP contribution >= 0.6 is 0 Å². The van der Waals surface area contributed by atoms with Crippen LogP contribution in [0.15, 0.2) is 0 Å². The topological polar surface area (TPSA) is 58.4 Å². The van der Waals surface area contributed by atoms with E-state index in [-0.39, 0.29) is 16.9 Å². The van der Waals surface area contributed by atoms with E-state index in [0.29, 0.717) is 6.54 Å². The molecular weight excluding hydrogens is 250 g/mol. The van der Waals surface area contributed by atoms with Crippen molar-refractivity contribution < 1.29 is 4.79 Å². The lowest BCUT2D eigenvalue weighted by Crippen LogP contribution is -2.55. The average Bonchev–Trinajstić information content (AvgIpc) is 2.95. The van der Waals surface area contributed by atoms with E-state index in [2.05, 4.69) is 24.3 Å². The molecule has 0 saturated heterocycles. The Labute approximate surface area is 123 Å². The van der Waals surface area contributed by atoms with Gasteiger partial charge in [-0.05, 0) is 39.8 Å². The summed E-state index contributed by atoms with van der Waals surface area (Å²) in [5.41, 5.74) is 5.82. The molecular formula is C16H31N3O. The summed E-state index contributed by atoms with van der Waals surface area (Å²) < 4.78 is 0. The zero-order valence-corrected chi connectivity index (χ0v) is 13.2. The Balaban J connectivity index is 1.96. The Morgan fingerprint density at radius 3 is 2.10 bits per heavy atom. The fourth-order valence-corrected chi connectivity index (χ4v) is 4.00. The molecule has 0 aromatic rings. The molecule has 4 heteroatoms. The number of nitrogens with zero attached hydrogens (tertiary/aromatic N) is 1. The Morgan fingerprint density at radius 1 is 1.05 bits per heavy atom. The second kappa shape index (κ2) is 6.44. The summed E-state index contributed by atoms with van der Waals surface area (Å²) in [7, 11) is 4.27. The summed E-state index contributed by atoms with van der Waals surface area (Å²) in [4.78, 5) is 15.0. The van der Waals surface area contributed by atoms with Crippen molar-refractivity contribution in [3.05, 3.63) is 0 Å². The third-order valence-corrected chi connectivity index (χ3v) is 5.74.